The van der Waals surface area contributed by atoms with Crippen LogP contribution in [0.5, 0.6) is 5.75 Å². The minimum absolute atomic E-state index is 0.0387. The van der Waals surface area contributed by atoms with Gasteiger partial charge in [0, 0.05) is 4.47 Å². The molecule has 1 aliphatic heterocycles. The van der Waals surface area contributed by atoms with Gasteiger partial charge in [0.15, 0.2) is 0 Å². The first-order valence-corrected chi connectivity index (χ1v) is 7.83. The second kappa shape index (κ2) is 7.67. The lowest BCUT2D eigenvalue weighted by molar-refractivity contribution is -0.140. The molecule has 1 aliphatic rings. The molecule has 8 heteroatoms. The van der Waals surface area contributed by atoms with Gasteiger partial charge in [0.2, 0.25) is 0 Å². The molecule has 0 radical (unpaired) electrons. The Bertz CT molecular complexity index is 700. The van der Waals surface area contributed by atoms with Crippen LogP contribution >= 0.6 is 15.9 Å². The highest BCUT2D eigenvalue weighted by Crippen LogP contribution is 2.39. The Morgan fingerprint density at radius 1 is 1.17 bits per heavy atom. The zero-order valence-electron chi connectivity index (χ0n) is 13.8. The molecule has 0 saturated heterocycles. The van der Waals surface area contributed by atoms with Crippen molar-refractivity contribution in [3.8, 4) is 5.75 Å². The van der Waals surface area contributed by atoms with Crippen LogP contribution in [0.2, 0.25) is 0 Å². The summed E-state index contributed by atoms with van der Waals surface area (Å²) in [6.45, 7) is 1.89. The van der Waals surface area contributed by atoms with Crippen LogP contribution in [0.15, 0.2) is 27.9 Å². The third-order valence-electron chi connectivity index (χ3n) is 3.65. The predicted molar refractivity (Wildman–Crippen MR) is 89.8 cm³/mol. The first-order chi connectivity index (χ1) is 11.5. The Balaban J connectivity index is 2.70. The Kier molecular flexibility index (Phi) is 5.84. The second-order valence-corrected chi connectivity index (χ2v) is 5.79. The maximum atomic E-state index is 12.3. The van der Waals surface area contributed by atoms with Crippen LogP contribution < -0.4 is 9.64 Å². The molecule has 2 rings (SSSR count). The van der Waals surface area contributed by atoms with E-state index in [0.29, 0.717) is 11.4 Å². The predicted octanol–water partition coefficient (Wildman–Crippen LogP) is 2.16. The van der Waals surface area contributed by atoms with Gasteiger partial charge in [0.1, 0.15) is 18.2 Å². The smallest absolute Gasteiger partial charge is 0.355 e. The lowest BCUT2D eigenvalue weighted by atomic mass is 10.1. The van der Waals surface area contributed by atoms with Crippen molar-refractivity contribution >= 4 is 33.6 Å². The number of esters is 2. The van der Waals surface area contributed by atoms with Crippen LogP contribution in [0.4, 0.5) is 5.69 Å². The second-order valence-electron chi connectivity index (χ2n) is 4.94. The summed E-state index contributed by atoms with van der Waals surface area (Å²) in [7, 11) is 4.02. The highest BCUT2D eigenvalue weighted by atomic mass is 79.9. The molecule has 1 aromatic rings. The molecule has 0 atom stereocenters. The average Bonchev–Trinajstić information content (AvgIpc) is 2.61. The standard InChI is InChI=1S/C16H18BrNO6/c1-9-11(17)5-6-12(21-2)13(9)18-8-24-7-10(15(19)22-3)14(18)16(20)23-4/h5-6H,7-8H2,1-4H3. The third kappa shape index (κ3) is 3.25. The van der Waals surface area contributed by atoms with Crippen LogP contribution in [0.1, 0.15) is 5.56 Å². The van der Waals surface area contributed by atoms with E-state index in [-0.39, 0.29) is 24.6 Å². The fraction of sp³-hybridized carbons (Fsp3) is 0.375. The molecule has 0 unspecified atom stereocenters. The van der Waals surface area contributed by atoms with Gasteiger partial charge in [-0.2, -0.15) is 0 Å². The van der Waals surface area contributed by atoms with E-state index in [9.17, 15) is 9.59 Å². The van der Waals surface area contributed by atoms with E-state index >= 15 is 0 Å². The molecule has 1 heterocycles. The van der Waals surface area contributed by atoms with Crippen LogP contribution in [0, 0.1) is 6.92 Å². The molecule has 0 amide bonds. The third-order valence-corrected chi connectivity index (χ3v) is 4.51. The van der Waals surface area contributed by atoms with E-state index in [0.717, 1.165) is 10.0 Å². The number of rotatable bonds is 4. The molecule has 7 nitrogen and oxygen atoms in total. The van der Waals surface area contributed by atoms with Gasteiger partial charge in [-0.25, -0.2) is 9.59 Å². The molecule has 0 bridgehead atoms. The van der Waals surface area contributed by atoms with Gasteiger partial charge in [0.05, 0.1) is 39.2 Å². The summed E-state index contributed by atoms with van der Waals surface area (Å²) in [5.74, 6) is -0.765. The van der Waals surface area contributed by atoms with Crippen molar-refractivity contribution in [3.63, 3.8) is 0 Å². The number of carbonyl (C=O) groups is 2. The van der Waals surface area contributed by atoms with Crippen LogP contribution in [0.25, 0.3) is 0 Å². The lowest BCUT2D eigenvalue weighted by Crippen LogP contribution is -2.39. The summed E-state index contributed by atoms with van der Waals surface area (Å²) < 4.78 is 21.3. The van der Waals surface area contributed by atoms with Crippen molar-refractivity contribution in [3.05, 3.63) is 33.4 Å². The van der Waals surface area contributed by atoms with Gasteiger partial charge in [-0.3, -0.25) is 0 Å². The monoisotopic (exact) mass is 399 g/mol. The normalized spacial score (nSPS) is 14.5. The molecule has 130 valence electrons. The largest absolute Gasteiger partial charge is 0.495 e. The average molecular weight is 400 g/mol. The number of hydrogen-bond donors (Lipinski definition) is 0. The Hall–Kier alpha value is -2.06. The van der Waals surface area contributed by atoms with E-state index in [1.54, 1.807) is 11.0 Å². The molecular formula is C16H18BrNO6. The van der Waals surface area contributed by atoms with E-state index in [2.05, 4.69) is 15.9 Å². The van der Waals surface area contributed by atoms with E-state index in [4.69, 9.17) is 18.9 Å². The summed E-state index contributed by atoms with van der Waals surface area (Å²) in [5.41, 5.74) is 1.60. The Labute approximate surface area is 148 Å². The number of anilines is 1. The molecule has 0 aliphatic carbocycles. The van der Waals surface area contributed by atoms with Gasteiger partial charge < -0.3 is 23.8 Å². The number of carbonyl (C=O) groups excluding carboxylic acids is 2. The number of hydrogen-bond acceptors (Lipinski definition) is 7. The van der Waals surface area contributed by atoms with E-state index in [1.807, 2.05) is 13.0 Å². The first-order valence-electron chi connectivity index (χ1n) is 7.04. The SMILES string of the molecule is COC(=O)C1=C(C(=O)OC)N(c2c(OC)ccc(Br)c2C)COC1. The molecule has 0 N–H and O–H groups in total. The summed E-state index contributed by atoms with van der Waals surface area (Å²) in [6, 6.07) is 3.60. The maximum absolute atomic E-state index is 12.3. The molecule has 0 fully saturated rings. The number of ether oxygens (including phenoxy) is 4. The van der Waals surface area contributed by atoms with Gasteiger partial charge in [0.25, 0.3) is 0 Å². The number of halogens is 1. The topological polar surface area (TPSA) is 74.3 Å². The molecule has 24 heavy (non-hydrogen) atoms. The van der Waals surface area contributed by atoms with Crippen molar-refractivity contribution < 1.29 is 28.5 Å². The van der Waals surface area contributed by atoms with Gasteiger partial charge >= 0.3 is 11.9 Å². The summed E-state index contributed by atoms with van der Waals surface area (Å²) >= 11 is 3.46. The first kappa shape index (κ1) is 18.3. The summed E-state index contributed by atoms with van der Waals surface area (Å²) in [4.78, 5) is 25.9. The molecular weight excluding hydrogens is 382 g/mol. The fourth-order valence-electron chi connectivity index (χ4n) is 2.47. The van der Waals surface area contributed by atoms with Crippen molar-refractivity contribution in [2.24, 2.45) is 0 Å². The van der Waals surface area contributed by atoms with E-state index in [1.165, 1.54) is 21.3 Å². The Morgan fingerprint density at radius 2 is 1.83 bits per heavy atom. The Morgan fingerprint density at radius 3 is 2.42 bits per heavy atom. The zero-order valence-corrected chi connectivity index (χ0v) is 15.4. The van der Waals surface area contributed by atoms with Gasteiger partial charge in [-0.1, -0.05) is 15.9 Å². The van der Waals surface area contributed by atoms with Crippen LogP contribution in [0.3, 0.4) is 0 Å². The molecule has 0 saturated carbocycles. The van der Waals surface area contributed by atoms with E-state index < -0.39 is 11.9 Å². The molecule has 0 aromatic heterocycles. The maximum Gasteiger partial charge on any atom is 0.355 e. The van der Waals surface area contributed by atoms with Gasteiger partial charge in [-0.05, 0) is 24.6 Å². The number of methoxy groups -OCH3 is 3. The van der Waals surface area contributed by atoms with Crippen molar-refractivity contribution in [1.82, 2.24) is 0 Å². The van der Waals surface area contributed by atoms with Crippen molar-refractivity contribution in [1.29, 1.82) is 0 Å². The summed E-state index contributed by atoms with van der Waals surface area (Å²) in [6.07, 6.45) is 0. The molecule has 0 spiro atoms. The van der Waals surface area contributed by atoms with Crippen molar-refractivity contribution in [2.45, 2.75) is 6.92 Å². The quantitative estimate of drug-likeness (QED) is 0.718. The highest BCUT2D eigenvalue weighted by Gasteiger charge is 2.34. The van der Waals surface area contributed by atoms with Crippen molar-refractivity contribution in [2.75, 3.05) is 39.6 Å². The summed E-state index contributed by atoms with van der Waals surface area (Å²) in [5, 5.41) is 0. The minimum Gasteiger partial charge on any atom is -0.495 e. The fourth-order valence-corrected chi connectivity index (χ4v) is 2.79. The molecule has 1 aromatic carbocycles. The van der Waals surface area contributed by atoms with Crippen LogP contribution in [-0.4, -0.2) is 46.6 Å². The lowest BCUT2D eigenvalue weighted by Gasteiger charge is -2.33. The highest BCUT2D eigenvalue weighted by molar-refractivity contribution is 9.10. The van der Waals surface area contributed by atoms with Crippen LogP contribution in [-0.2, 0) is 23.8 Å². The number of benzene rings is 1. The van der Waals surface area contributed by atoms with Gasteiger partial charge in [-0.15, -0.1) is 0 Å². The number of nitrogens with zero attached hydrogens (tertiary/aromatic N) is 1. The minimum atomic E-state index is -0.653. The zero-order chi connectivity index (χ0) is 17.9.